The van der Waals surface area contributed by atoms with Crippen molar-refractivity contribution in [1.29, 1.82) is 0 Å². The normalized spacial score (nSPS) is 16.1. The lowest BCUT2D eigenvalue weighted by atomic mass is 10.1. The second-order valence-electron chi connectivity index (χ2n) is 6.87. The summed E-state index contributed by atoms with van der Waals surface area (Å²) in [6.07, 6.45) is 4.55. The summed E-state index contributed by atoms with van der Waals surface area (Å²) in [5.41, 5.74) is 4.43. The Morgan fingerprint density at radius 3 is 3.07 bits per heavy atom. The van der Waals surface area contributed by atoms with Gasteiger partial charge in [0.25, 0.3) is 5.91 Å². The SMILES string of the molecule is Cc1ccc(C(=O)NCC2CCOC2)cc1Nc1nc(-c2cccnc2)cs1. The van der Waals surface area contributed by atoms with Crippen LogP contribution in [0.3, 0.4) is 0 Å². The molecular weight excluding hydrogens is 372 g/mol. The molecule has 2 aromatic heterocycles. The molecule has 1 fully saturated rings. The van der Waals surface area contributed by atoms with E-state index in [0.717, 1.165) is 47.3 Å². The molecule has 0 spiro atoms. The highest BCUT2D eigenvalue weighted by Crippen LogP contribution is 2.28. The van der Waals surface area contributed by atoms with E-state index in [1.165, 1.54) is 11.3 Å². The quantitative estimate of drug-likeness (QED) is 0.660. The molecule has 1 aromatic carbocycles. The van der Waals surface area contributed by atoms with Gasteiger partial charge in [-0.3, -0.25) is 9.78 Å². The van der Waals surface area contributed by atoms with Gasteiger partial charge in [0.15, 0.2) is 5.13 Å². The third kappa shape index (κ3) is 4.37. The van der Waals surface area contributed by atoms with E-state index in [-0.39, 0.29) is 5.91 Å². The van der Waals surface area contributed by atoms with Crippen molar-refractivity contribution in [3.05, 3.63) is 59.2 Å². The third-order valence-corrected chi connectivity index (χ3v) is 5.54. The van der Waals surface area contributed by atoms with Crippen molar-refractivity contribution in [2.45, 2.75) is 13.3 Å². The fourth-order valence-corrected chi connectivity index (χ4v) is 3.81. The van der Waals surface area contributed by atoms with Crippen molar-refractivity contribution in [2.75, 3.05) is 25.1 Å². The first kappa shape index (κ1) is 18.6. The summed E-state index contributed by atoms with van der Waals surface area (Å²) >= 11 is 1.52. The predicted molar refractivity (Wildman–Crippen MR) is 111 cm³/mol. The first-order valence-electron chi connectivity index (χ1n) is 9.28. The van der Waals surface area contributed by atoms with Crippen LogP contribution in [-0.4, -0.2) is 35.6 Å². The molecule has 144 valence electrons. The number of hydrogen-bond acceptors (Lipinski definition) is 6. The van der Waals surface area contributed by atoms with Crippen LogP contribution in [-0.2, 0) is 4.74 Å². The van der Waals surface area contributed by atoms with Crippen LogP contribution in [0.5, 0.6) is 0 Å². The first-order chi connectivity index (χ1) is 13.7. The molecule has 0 bridgehead atoms. The highest BCUT2D eigenvalue weighted by Gasteiger charge is 2.17. The maximum Gasteiger partial charge on any atom is 0.251 e. The molecule has 1 unspecified atom stereocenters. The van der Waals surface area contributed by atoms with Gasteiger partial charge in [-0.2, -0.15) is 0 Å². The molecule has 4 rings (SSSR count). The fraction of sp³-hybridized carbons (Fsp3) is 0.286. The van der Waals surface area contributed by atoms with Gasteiger partial charge in [-0.15, -0.1) is 11.3 Å². The first-order valence-corrected chi connectivity index (χ1v) is 10.2. The van der Waals surface area contributed by atoms with Gasteiger partial charge in [0.1, 0.15) is 0 Å². The summed E-state index contributed by atoms with van der Waals surface area (Å²) in [5, 5.41) is 9.13. The molecule has 0 aliphatic carbocycles. The lowest BCUT2D eigenvalue weighted by molar-refractivity contribution is 0.0945. The van der Waals surface area contributed by atoms with Crippen LogP contribution in [0.1, 0.15) is 22.3 Å². The molecule has 3 aromatic rings. The minimum atomic E-state index is -0.0647. The molecule has 6 nitrogen and oxygen atoms in total. The zero-order chi connectivity index (χ0) is 19.3. The maximum absolute atomic E-state index is 12.5. The minimum absolute atomic E-state index is 0.0647. The number of nitrogens with one attached hydrogen (secondary N) is 2. The van der Waals surface area contributed by atoms with Crippen LogP contribution in [0.4, 0.5) is 10.8 Å². The summed E-state index contributed by atoms with van der Waals surface area (Å²) in [6.45, 7) is 4.17. The zero-order valence-electron chi connectivity index (χ0n) is 15.6. The Hall–Kier alpha value is -2.77. The number of ether oxygens (including phenoxy) is 1. The highest BCUT2D eigenvalue weighted by atomic mass is 32.1. The van der Waals surface area contributed by atoms with Gasteiger partial charge in [0.05, 0.1) is 12.3 Å². The summed E-state index contributed by atoms with van der Waals surface area (Å²) in [4.78, 5) is 21.3. The molecule has 0 saturated carbocycles. The number of amides is 1. The van der Waals surface area contributed by atoms with Crippen LogP contribution in [0.25, 0.3) is 11.3 Å². The molecule has 1 aliphatic rings. The second-order valence-corrected chi connectivity index (χ2v) is 7.73. The van der Waals surface area contributed by atoms with Gasteiger partial charge in [-0.05, 0) is 43.2 Å². The highest BCUT2D eigenvalue weighted by molar-refractivity contribution is 7.14. The van der Waals surface area contributed by atoms with Gasteiger partial charge < -0.3 is 15.4 Å². The summed E-state index contributed by atoms with van der Waals surface area (Å²) in [7, 11) is 0. The second kappa shape index (κ2) is 8.50. The van der Waals surface area contributed by atoms with Crippen LogP contribution in [0.2, 0.25) is 0 Å². The molecule has 2 N–H and O–H groups in total. The number of aryl methyl sites for hydroxylation is 1. The van der Waals surface area contributed by atoms with Crippen LogP contribution in [0, 0.1) is 12.8 Å². The Labute approximate surface area is 168 Å². The largest absolute Gasteiger partial charge is 0.381 e. The van der Waals surface area contributed by atoms with Crippen LogP contribution in [0.15, 0.2) is 48.1 Å². The average Bonchev–Trinajstić information content (AvgIpc) is 3.40. The van der Waals surface area contributed by atoms with E-state index in [0.29, 0.717) is 18.0 Å². The number of pyridine rings is 1. The monoisotopic (exact) mass is 394 g/mol. The Kier molecular flexibility index (Phi) is 5.64. The van der Waals surface area contributed by atoms with E-state index >= 15 is 0 Å². The van der Waals surface area contributed by atoms with Crippen molar-refractivity contribution in [2.24, 2.45) is 5.92 Å². The number of carbonyl (C=O) groups excluding carboxylic acids is 1. The molecule has 1 saturated heterocycles. The number of aromatic nitrogens is 2. The van der Waals surface area contributed by atoms with Gasteiger partial charge in [-0.1, -0.05) is 6.07 Å². The zero-order valence-corrected chi connectivity index (χ0v) is 16.5. The van der Waals surface area contributed by atoms with Crippen LogP contribution < -0.4 is 10.6 Å². The van der Waals surface area contributed by atoms with E-state index in [4.69, 9.17) is 4.74 Å². The molecule has 1 amide bonds. The van der Waals surface area contributed by atoms with Gasteiger partial charge >= 0.3 is 0 Å². The number of rotatable bonds is 6. The van der Waals surface area contributed by atoms with E-state index in [1.54, 1.807) is 12.4 Å². The Bertz CT molecular complexity index is 952. The molecular formula is C21H22N4O2S. The third-order valence-electron chi connectivity index (χ3n) is 4.78. The lowest BCUT2D eigenvalue weighted by Gasteiger charge is -2.12. The maximum atomic E-state index is 12.5. The van der Waals surface area contributed by atoms with Crippen molar-refractivity contribution >= 4 is 28.1 Å². The summed E-state index contributed by atoms with van der Waals surface area (Å²) in [6, 6.07) is 9.56. The predicted octanol–water partition coefficient (Wildman–Crippen LogP) is 4.02. The standard InChI is InChI=1S/C21H22N4O2S/c1-14-4-5-16(20(26)23-10-15-6-8-27-12-15)9-18(14)24-21-25-19(13-28-21)17-3-2-7-22-11-17/h2-5,7,9,11,13,15H,6,8,10,12H2,1H3,(H,23,26)(H,24,25). The Morgan fingerprint density at radius 1 is 1.36 bits per heavy atom. The minimum Gasteiger partial charge on any atom is -0.381 e. The molecule has 1 aliphatic heterocycles. The number of carbonyl (C=O) groups is 1. The molecule has 7 heteroatoms. The van der Waals surface area contributed by atoms with E-state index in [9.17, 15) is 4.79 Å². The average molecular weight is 395 g/mol. The fourth-order valence-electron chi connectivity index (χ4n) is 3.07. The molecule has 28 heavy (non-hydrogen) atoms. The molecule has 0 radical (unpaired) electrons. The number of thiazole rings is 1. The van der Waals surface area contributed by atoms with Gasteiger partial charge in [0, 0.05) is 53.7 Å². The van der Waals surface area contributed by atoms with Gasteiger partial charge in [-0.25, -0.2) is 4.98 Å². The summed E-state index contributed by atoms with van der Waals surface area (Å²) < 4.78 is 5.36. The van der Waals surface area contributed by atoms with E-state index in [1.807, 2.05) is 42.6 Å². The topological polar surface area (TPSA) is 76.1 Å². The number of anilines is 2. The van der Waals surface area contributed by atoms with Crippen molar-refractivity contribution in [1.82, 2.24) is 15.3 Å². The summed E-state index contributed by atoms with van der Waals surface area (Å²) in [5.74, 6) is 0.346. The van der Waals surface area contributed by atoms with E-state index in [2.05, 4.69) is 20.6 Å². The van der Waals surface area contributed by atoms with Crippen molar-refractivity contribution < 1.29 is 9.53 Å². The van der Waals surface area contributed by atoms with Gasteiger partial charge in [0.2, 0.25) is 0 Å². The van der Waals surface area contributed by atoms with Crippen molar-refractivity contribution in [3.8, 4) is 11.3 Å². The van der Waals surface area contributed by atoms with Crippen molar-refractivity contribution in [3.63, 3.8) is 0 Å². The lowest BCUT2D eigenvalue weighted by Crippen LogP contribution is -2.29. The molecule has 1 atom stereocenters. The number of hydrogen-bond donors (Lipinski definition) is 2. The number of benzene rings is 1. The number of nitrogens with zero attached hydrogens (tertiary/aromatic N) is 2. The van der Waals surface area contributed by atoms with Crippen LogP contribution >= 0.6 is 11.3 Å². The smallest absolute Gasteiger partial charge is 0.251 e. The molecule has 3 heterocycles. The van der Waals surface area contributed by atoms with E-state index < -0.39 is 0 Å². The Morgan fingerprint density at radius 2 is 2.29 bits per heavy atom. The Balaban J connectivity index is 1.45.